The Kier molecular flexibility index (Phi) is 7.87. The molecule has 0 radical (unpaired) electrons. The number of hydrogen-bond donors (Lipinski definition) is 2. The molecule has 1 saturated heterocycles. The Balaban J connectivity index is 1.51. The second-order valence-electron chi connectivity index (χ2n) is 9.82. The van der Waals surface area contributed by atoms with Crippen LogP contribution in [0.2, 0.25) is 0 Å². The van der Waals surface area contributed by atoms with Crippen LogP contribution in [-0.2, 0) is 11.6 Å². The van der Waals surface area contributed by atoms with Crippen molar-refractivity contribution < 1.29 is 31.8 Å². The number of fused-ring (bicyclic) bond motifs is 1. The summed E-state index contributed by atoms with van der Waals surface area (Å²) < 4.78 is 63.8. The molecule has 3 atom stereocenters. The van der Waals surface area contributed by atoms with E-state index in [4.69, 9.17) is 9.47 Å². The van der Waals surface area contributed by atoms with Crippen molar-refractivity contribution in [2.45, 2.75) is 62.7 Å². The minimum atomic E-state index is -4.71. The lowest BCUT2D eigenvalue weighted by atomic mass is 9.65. The number of nitrogens with zero attached hydrogens (tertiary/aromatic N) is 1. The van der Waals surface area contributed by atoms with Crippen LogP contribution in [0.15, 0.2) is 36.4 Å². The lowest BCUT2D eigenvalue weighted by Gasteiger charge is -2.45. The summed E-state index contributed by atoms with van der Waals surface area (Å²) in [6, 6.07) is 7.42. The highest BCUT2D eigenvalue weighted by atomic mass is 19.4. The molecule has 2 aromatic rings. The van der Waals surface area contributed by atoms with Crippen molar-refractivity contribution in [2.24, 2.45) is 0 Å². The fourth-order valence-electron chi connectivity index (χ4n) is 5.99. The molecule has 1 aliphatic heterocycles. The van der Waals surface area contributed by atoms with E-state index in [1.807, 2.05) is 12.1 Å². The average molecular weight is 524 g/mol. The number of hydrogen-bond acceptors (Lipinski definition) is 4. The number of carbonyl (C=O) groups excluding carboxylic acids is 1. The third-order valence-electron chi connectivity index (χ3n) is 7.66. The fraction of sp³-hybridized carbons (Fsp3) is 0.519. The quantitative estimate of drug-likeness (QED) is 0.440. The van der Waals surface area contributed by atoms with Gasteiger partial charge in [-0.2, -0.15) is 13.2 Å². The minimum absolute atomic E-state index is 0.104. The number of halogens is 4. The predicted octanol–water partition coefficient (Wildman–Crippen LogP) is 5.96. The fourth-order valence-corrected chi connectivity index (χ4v) is 5.99. The largest absolute Gasteiger partial charge is 0.493 e. The summed E-state index contributed by atoms with van der Waals surface area (Å²) in [4.78, 5) is 15.1. The Morgan fingerprint density at radius 3 is 2.54 bits per heavy atom. The molecule has 0 spiro atoms. The van der Waals surface area contributed by atoms with Gasteiger partial charge in [-0.1, -0.05) is 13.0 Å². The number of carbonyl (C=O) groups is 1. The maximum Gasteiger partial charge on any atom is 0.416 e. The third kappa shape index (κ3) is 5.63. The highest BCUT2D eigenvalue weighted by molar-refractivity contribution is 5.89. The van der Waals surface area contributed by atoms with E-state index in [-0.39, 0.29) is 23.2 Å². The molecule has 1 aliphatic carbocycles. The normalized spacial score (nSPS) is 23.9. The first-order valence-corrected chi connectivity index (χ1v) is 12.5. The zero-order valence-electron chi connectivity index (χ0n) is 21.3. The van der Waals surface area contributed by atoms with Gasteiger partial charge in [0.25, 0.3) is 0 Å². The van der Waals surface area contributed by atoms with Crippen LogP contribution in [0.3, 0.4) is 0 Å². The topological polar surface area (TPSA) is 62.8 Å². The van der Waals surface area contributed by atoms with Gasteiger partial charge in [-0.25, -0.2) is 9.18 Å². The van der Waals surface area contributed by atoms with Crippen LogP contribution in [0.4, 0.5) is 28.0 Å². The summed E-state index contributed by atoms with van der Waals surface area (Å²) in [5.41, 5.74) is -0.320. The van der Waals surface area contributed by atoms with E-state index in [0.717, 1.165) is 44.5 Å². The van der Waals surface area contributed by atoms with Crippen molar-refractivity contribution in [1.82, 2.24) is 10.2 Å². The molecule has 0 aromatic heterocycles. The van der Waals surface area contributed by atoms with Crippen LogP contribution in [0.5, 0.6) is 11.5 Å². The van der Waals surface area contributed by atoms with E-state index >= 15 is 0 Å². The zero-order valence-corrected chi connectivity index (χ0v) is 21.3. The summed E-state index contributed by atoms with van der Waals surface area (Å²) in [5.74, 6) is 0.277. The molecule has 2 N–H and O–H groups in total. The van der Waals surface area contributed by atoms with Crippen molar-refractivity contribution in [3.8, 4) is 11.5 Å². The van der Waals surface area contributed by atoms with Crippen molar-refractivity contribution in [3.63, 3.8) is 0 Å². The molecule has 6 nitrogen and oxygen atoms in total. The molecule has 0 unspecified atom stereocenters. The van der Waals surface area contributed by atoms with E-state index < -0.39 is 23.6 Å². The SMILES string of the molecule is CCCN1CC[C@]2(c3ccc(OC)c(OC)c3)CC[C@@H](NC(=O)Nc3cc(F)cc(C(F)(F)F)c3)C[C@H]12. The molecular formula is C27H33F4N3O3. The number of amides is 2. The molecule has 1 heterocycles. The number of anilines is 1. The third-order valence-corrected chi connectivity index (χ3v) is 7.66. The lowest BCUT2D eigenvalue weighted by molar-refractivity contribution is -0.137. The van der Waals surface area contributed by atoms with Crippen LogP contribution in [0.1, 0.15) is 50.2 Å². The number of urea groups is 1. The molecular weight excluding hydrogens is 490 g/mol. The van der Waals surface area contributed by atoms with Crippen molar-refractivity contribution >= 4 is 11.7 Å². The molecule has 4 rings (SSSR count). The molecule has 202 valence electrons. The first kappa shape index (κ1) is 27.0. The highest BCUT2D eigenvalue weighted by Crippen LogP contribution is 2.50. The second-order valence-corrected chi connectivity index (χ2v) is 9.82. The van der Waals surface area contributed by atoms with Gasteiger partial charge in [-0.3, -0.25) is 4.90 Å². The molecule has 1 saturated carbocycles. The predicted molar refractivity (Wildman–Crippen MR) is 133 cm³/mol. The molecule has 2 aliphatic rings. The number of benzene rings is 2. The molecule has 0 bridgehead atoms. The van der Waals surface area contributed by atoms with E-state index in [0.29, 0.717) is 30.4 Å². The lowest BCUT2D eigenvalue weighted by Crippen LogP contribution is -2.53. The van der Waals surface area contributed by atoms with Gasteiger partial charge in [-0.15, -0.1) is 0 Å². The Morgan fingerprint density at radius 1 is 1.11 bits per heavy atom. The summed E-state index contributed by atoms with van der Waals surface area (Å²) in [5, 5.41) is 5.28. The summed E-state index contributed by atoms with van der Waals surface area (Å²) in [6.07, 6.45) is -0.505. The van der Waals surface area contributed by atoms with E-state index in [1.54, 1.807) is 14.2 Å². The van der Waals surface area contributed by atoms with E-state index in [9.17, 15) is 22.4 Å². The molecule has 2 aromatic carbocycles. The summed E-state index contributed by atoms with van der Waals surface area (Å²) in [7, 11) is 3.22. The zero-order chi connectivity index (χ0) is 26.8. The number of rotatable bonds is 7. The highest BCUT2D eigenvalue weighted by Gasteiger charge is 2.51. The molecule has 2 fully saturated rings. The van der Waals surface area contributed by atoms with Crippen molar-refractivity contribution in [3.05, 3.63) is 53.3 Å². The molecule has 37 heavy (non-hydrogen) atoms. The van der Waals surface area contributed by atoms with Crippen LogP contribution >= 0.6 is 0 Å². The van der Waals surface area contributed by atoms with Crippen LogP contribution < -0.4 is 20.1 Å². The standard InChI is InChI=1S/C27H33F4N3O3/c1-4-10-34-11-9-26(17-5-6-22(36-2)23(14-17)37-3)8-7-20(16-24(26)34)32-25(35)33-21-13-18(27(29,30)31)12-19(28)15-21/h5-6,12-15,20,24H,4,7-11,16H2,1-3H3,(H2,32,33,35)/t20-,24+,26+/m1/s1. The number of alkyl halides is 3. The number of nitrogens with one attached hydrogen (secondary N) is 2. The number of methoxy groups -OCH3 is 2. The van der Waals surface area contributed by atoms with E-state index in [2.05, 4.69) is 28.5 Å². The smallest absolute Gasteiger partial charge is 0.416 e. The van der Waals surface area contributed by atoms with Gasteiger partial charge >= 0.3 is 12.2 Å². The average Bonchev–Trinajstić information content (AvgIpc) is 3.21. The maximum atomic E-state index is 13.7. The number of likely N-dealkylation sites (tertiary alicyclic amines) is 1. The van der Waals surface area contributed by atoms with Crippen LogP contribution in [-0.4, -0.2) is 50.3 Å². The maximum absolute atomic E-state index is 13.7. The van der Waals surface area contributed by atoms with Gasteiger partial charge in [0.2, 0.25) is 0 Å². The van der Waals surface area contributed by atoms with Gasteiger partial charge in [0.1, 0.15) is 5.82 Å². The Bertz CT molecular complexity index is 1130. The second kappa shape index (κ2) is 10.8. The van der Waals surface area contributed by atoms with Crippen LogP contribution in [0, 0.1) is 5.82 Å². The monoisotopic (exact) mass is 523 g/mol. The van der Waals surface area contributed by atoms with Gasteiger partial charge < -0.3 is 20.1 Å². The Morgan fingerprint density at radius 2 is 1.86 bits per heavy atom. The van der Waals surface area contributed by atoms with E-state index in [1.165, 1.54) is 5.56 Å². The van der Waals surface area contributed by atoms with Crippen molar-refractivity contribution in [1.29, 1.82) is 0 Å². The number of ether oxygens (including phenoxy) is 2. The Hall–Kier alpha value is -3.01. The van der Waals surface area contributed by atoms with Gasteiger partial charge in [0.15, 0.2) is 11.5 Å². The molecule has 10 heteroatoms. The van der Waals surface area contributed by atoms with Gasteiger partial charge in [0, 0.05) is 23.2 Å². The van der Waals surface area contributed by atoms with Crippen molar-refractivity contribution in [2.75, 3.05) is 32.6 Å². The first-order chi connectivity index (χ1) is 17.6. The van der Waals surface area contributed by atoms with Crippen LogP contribution in [0.25, 0.3) is 0 Å². The first-order valence-electron chi connectivity index (χ1n) is 12.5. The molecule has 2 amide bonds. The van der Waals surface area contributed by atoms with Gasteiger partial charge in [-0.05, 0) is 81.1 Å². The summed E-state index contributed by atoms with van der Waals surface area (Å²) >= 11 is 0. The Labute approximate surface area is 214 Å². The summed E-state index contributed by atoms with van der Waals surface area (Å²) in [6.45, 7) is 4.01. The van der Waals surface area contributed by atoms with Gasteiger partial charge in [0.05, 0.1) is 19.8 Å². The minimum Gasteiger partial charge on any atom is -0.493 e.